The van der Waals surface area contributed by atoms with Crippen LogP contribution in [0, 0.1) is 12.3 Å². The summed E-state index contributed by atoms with van der Waals surface area (Å²) in [7, 11) is -4.29. The third kappa shape index (κ3) is 5.80. The second-order valence-corrected chi connectivity index (χ2v) is 10.7. The van der Waals surface area contributed by atoms with E-state index in [0.29, 0.717) is 0 Å². The first-order chi connectivity index (χ1) is 19.0. The molecule has 4 rings (SSSR count). The highest BCUT2D eigenvalue weighted by Gasteiger charge is 2.56. The molecule has 40 heavy (non-hydrogen) atoms. The van der Waals surface area contributed by atoms with Gasteiger partial charge in [-0.25, -0.2) is 18.9 Å². The van der Waals surface area contributed by atoms with Crippen LogP contribution in [0.3, 0.4) is 0 Å². The van der Waals surface area contributed by atoms with E-state index in [-0.39, 0.29) is 34.8 Å². The standard InChI is InChI=1S/C25H29FN5O8P/c1-5-16-12-31(22-19(16)21(29-34)27-14-28-22)24-25(4,26)20(32)18(38-24)13-37-40(35,30-15(3)23(33)36-6-2)39-17-10-8-7-9-11-17/h1,7-12,14-15,18,20,24,32,34H,6,13H2,2-4H3,(H,30,35)(H,27,28,29)/t15?,18-,20-,24-,25-,40?/m1/s1. The molecule has 4 N–H and O–H groups in total. The molecule has 1 aliphatic rings. The van der Waals surface area contributed by atoms with Gasteiger partial charge in [0, 0.05) is 6.20 Å². The van der Waals surface area contributed by atoms with Gasteiger partial charge in [-0.1, -0.05) is 24.1 Å². The molecule has 3 aromatic rings. The molecule has 2 unspecified atom stereocenters. The van der Waals surface area contributed by atoms with Gasteiger partial charge >= 0.3 is 13.7 Å². The largest absolute Gasteiger partial charge is 0.465 e. The highest BCUT2D eigenvalue weighted by Crippen LogP contribution is 2.48. The van der Waals surface area contributed by atoms with Crippen molar-refractivity contribution in [3.63, 3.8) is 0 Å². The number of nitrogens with zero attached hydrogens (tertiary/aromatic N) is 3. The van der Waals surface area contributed by atoms with E-state index < -0.39 is 50.5 Å². The number of aliphatic hydroxyl groups excluding tert-OH is 1. The van der Waals surface area contributed by atoms with E-state index in [2.05, 4.69) is 21.0 Å². The summed E-state index contributed by atoms with van der Waals surface area (Å²) in [5.41, 5.74) is -0.112. The van der Waals surface area contributed by atoms with Crippen molar-refractivity contribution in [2.45, 2.75) is 50.9 Å². The van der Waals surface area contributed by atoms with Gasteiger partial charge in [0.2, 0.25) is 0 Å². The molecule has 1 aromatic carbocycles. The van der Waals surface area contributed by atoms with Gasteiger partial charge in [-0.3, -0.25) is 20.0 Å². The van der Waals surface area contributed by atoms with Crippen molar-refractivity contribution in [3.05, 3.63) is 48.4 Å². The number of ether oxygens (including phenoxy) is 2. The number of para-hydroxylation sites is 1. The average Bonchev–Trinajstić information content (AvgIpc) is 3.41. The topological polar surface area (TPSA) is 166 Å². The van der Waals surface area contributed by atoms with Crippen molar-refractivity contribution < 1.29 is 42.6 Å². The van der Waals surface area contributed by atoms with Crippen LogP contribution >= 0.6 is 7.75 Å². The monoisotopic (exact) mass is 577 g/mol. The molecule has 3 heterocycles. The van der Waals surface area contributed by atoms with E-state index >= 15 is 4.39 Å². The molecule has 1 fully saturated rings. The number of benzene rings is 1. The Labute approximate surface area is 229 Å². The number of terminal acetylenes is 1. The fourth-order valence-corrected chi connectivity index (χ4v) is 5.75. The van der Waals surface area contributed by atoms with Crippen LogP contribution in [0.2, 0.25) is 0 Å². The molecule has 2 aromatic heterocycles. The molecule has 15 heteroatoms. The lowest BCUT2D eigenvalue weighted by Crippen LogP contribution is -2.41. The average molecular weight is 578 g/mol. The number of carbonyl (C=O) groups is 1. The zero-order chi connectivity index (χ0) is 29.1. The molecule has 0 bridgehead atoms. The highest BCUT2D eigenvalue weighted by atomic mass is 31.2. The number of hydrogen-bond donors (Lipinski definition) is 4. The summed E-state index contributed by atoms with van der Waals surface area (Å²) >= 11 is 0. The maximum atomic E-state index is 16.0. The third-order valence-electron chi connectivity index (χ3n) is 6.21. The summed E-state index contributed by atoms with van der Waals surface area (Å²) in [6.07, 6.45) is 3.56. The van der Waals surface area contributed by atoms with Crippen LogP contribution in [0.25, 0.3) is 11.0 Å². The van der Waals surface area contributed by atoms with Gasteiger partial charge in [-0.05, 0) is 32.9 Å². The van der Waals surface area contributed by atoms with Crippen LogP contribution in [-0.4, -0.2) is 68.0 Å². The molecule has 13 nitrogen and oxygen atoms in total. The highest BCUT2D eigenvalue weighted by molar-refractivity contribution is 7.52. The number of nitrogens with one attached hydrogen (secondary N) is 2. The summed E-state index contributed by atoms with van der Waals surface area (Å²) in [6.45, 7) is 3.67. The van der Waals surface area contributed by atoms with Crippen molar-refractivity contribution in [1.29, 1.82) is 0 Å². The summed E-state index contributed by atoms with van der Waals surface area (Å²) in [4.78, 5) is 20.2. The minimum Gasteiger partial charge on any atom is -0.465 e. The van der Waals surface area contributed by atoms with Crippen molar-refractivity contribution in [2.24, 2.45) is 0 Å². The van der Waals surface area contributed by atoms with Crippen LogP contribution in [0.4, 0.5) is 10.2 Å². The smallest absolute Gasteiger partial charge is 0.459 e. The Kier molecular flexibility index (Phi) is 8.74. The maximum absolute atomic E-state index is 16.0. The van der Waals surface area contributed by atoms with Crippen LogP contribution < -0.4 is 15.1 Å². The van der Waals surface area contributed by atoms with Gasteiger partial charge in [0.15, 0.2) is 17.7 Å². The number of aliphatic hydroxyl groups is 1. The van der Waals surface area contributed by atoms with Crippen molar-refractivity contribution in [2.75, 3.05) is 18.7 Å². The summed E-state index contributed by atoms with van der Waals surface area (Å²) < 4.78 is 52.9. The van der Waals surface area contributed by atoms with E-state index in [1.807, 2.05) is 5.48 Å². The van der Waals surface area contributed by atoms with Gasteiger partial charge in [0.05, 0.1) is 24.2 Å². The predicted molar refractivity (Wildman–Crippen MR) is 140 cm³/mol. The first kappa shape index (κ1) is 29.4. The molecule has 1 saturated heterocycles. The number of hydrogen-bond acceptors (Lipinski definition) is 11. The van der Waals surface area contributed by atoms with E-state index in [4.69, 9.17) is 24.9 Å². The Morgan fingerprint density at radius 3 is 2.75 bits per heavy atom. The molecule has 6 atom stereocenters. The van der Waals surface area contributed by atoms with Crippen molar-refractivity contribution in [1.82, 2.24) is 19.6 Å². The van der Waals surface area contributed by atoms with Crippen LogP contribution in [0.15, 0.2) is 42.9 Å². The fourth-order valence-electron chi connectivity index (χ4n) is 4.25. The fraction of sp³-hybridized carbons (Fsp3) is 0.400. The van der Waals surface area contributed by atoms with Gasteiger partial charge in [0.25, 0.3) is 0 Å². The van der Waals surface area contributed by atoms with Crippen molar-refractivity contribution >= 4 is 30.6 Å². The molecule has 214 valence electrons. The number of aromatic nitrogens is 3. The Morgan fingerprint density at radius 1 is 1.38 bits per heavy atom. The Morgan fingerprint density at radius 2 is 2.10 bits per heavy atom. The minimum atomic E-state index is -4.29. The third-order valence-corrected chi connectivity index (χ3v) is 7.85. The normalized spacial score (nSPS) is 24.7. The molecule has 0 aliphatic carbocycles. The Balaban J connectivity index is 1.59. The zero-order valence-corrected chi connectivity index (χ0v) is 22.7. The van der Waals surface area contributed by atoms with E-state index in [0.717, 1.165) is 13.3 Å². The first-order valence-corrected chi connectivity index (χ1v) is 13.8. The van der Waals surface area contributed by atoms with Gasteiger partial charge < -0.3 is 23.7 Å². The Bertz CT molecular complexity index is 1450. The zero-order valence-electron chi connectivity index (χ0n) is 21.9. The number of halogens is 1. The number of alkyl halides is 1. The molecule has 0 amide bonds. The second-order valence-electron chi connectivity index (χ2n) is 9.05. The number of rotatable bonds is 11. The van der Waals surface area contributed by atoms with Crippen molar-refractivity contribution in [3.8, 4) is 18.1 Å². The van der Waals surface area contributed by atoms with E-state index in [1.165, 1.54) is 29.8 Å². The van der Waals surface area contributed by atoms with Crippen LogP contribution in [0.1, 0.15) is 32.6 Å². The summed E-state index contributed by atoms with van der Waals surface area (Å²) in [5, 5.41) is 23.1. The summed E-state index contributed by atoms with van der Waals surface area (Å²) in [6, 6.07) is 6.97. The SMILES string of the molecule is C#Cc1cn([C@@H]2O[C@H](COP(=O)(NC(C)C(=O)OCC)Oc3ccccc3)[C@@H](O)[C@@]2(C)F)c2ncnc(NO)c12. The predicted octanol–water partition coefficient (Wildman–Crippen LogP) is 2.95. The summed E-state index contributed by atoms with van der Waals surface area (Å²) in [5.74, 6) is 1.90. The van der Waals surface area contributed by atoms with Crippen LogP contribution in [-0.2, 0) is 23.4 Å². The molecule has 0 saturated carbocycles. The Hall–Kier alpha value is -3.57. The van der Waals surface area contributed by atoms with E-state index in [1.54, 1.807) is 25.1 Å². The molecule has 0 radical (unpaired) electrons. The lowest BCUT2D eigenvalue weighted by molar-refractivity contribution is -0.144. The molecular formula is C25H29FN5O8P. The lowest BCUT2D eigenvalue weighted by Gasteiger charge is -2.25. The van der Waals surface area contributed by atoms with E-state index in [9.17, 15) is 19.7 Å². The van der Waals surface area contributed by atoms with Crippen LogP contribution in [0.5, 0.6) is 5.75 Å². The van der Waals surface area contributed by atoms with Gasteiger partial charge in [-0.15, -0.1) is 6.42 Å². The van der Waals surface area contributed by atoms with Gasteiger partial charge in [-0.2, -0.15) is 5.09 Å². The lowest BCUT2D eigenvalue weighted by atomic mass is 9.98. The minimum absolute atomic E-state index is 0.00326. The molecule has 1 aliphatic heterocycles. The number of esters is 1. The second kappa shape index (κ2) is 11.9. The molecule has 0 spiro atoms. The molecular weight excluding hydrogens is 548 g/mol. The number of carbonyl (C=O) groups excluding carboxylic acids is 1. The number of fused-ring (bicyclic) bond motifs is 1. The number of anilines is 1. The first-order valence-electron chi connectivity index (χ1n) is 12.2. The quantitative estimate of drug-likeness (QED) is 0.114. The van der Waals surface area contributed by atoms with Gasteiger partial charge in [0.1, 0.15) is 36.0 Å². The maximum Gasteiger partial charge on any atom is 0.459 e.